The van der Waals surface area contributed by atoms with Crippen molar-refractivity contribution >= 4 is 21.4 Å². The summed E-state index contributed by atoms with van der Waals surface area (Å²) in [5.74, 6) is 0. The highest BCUT2D eigenvalue weighted by atomic mass is 32.2. The predicted octanol–water partition coefficient (Wildman–Crippen LogP) is 3.45. The van der Waals surface area contributed by atoms with Gasteiger partial charge in [0.2, 0.25) is 10.0 Å². The van der Waals surface area contributed by atoms with Crippen molar-refractivity contribution < 1.29 is 13.3 Å². The average molecular weight is 404 g/mol. The summed E-state index contributed by atoms with van der Waals surface area (Å²) in [5.41, 5.74) is 2.07. The average Bonchev–Trinajstić information content (AvgIpc) is 2.72. The van der Waals surface area contributed by atoms with E-state index in [9.17, 15) is 18.5 Å². The quantitative estimate of drug-likeness (QED) is 0.522. The third kappa shape index (κ3) is 4.51. The van der Waals surface area contributed by atoms with Crippen molar-refractivity contribution in [1.29, 1.82) is 0 Å². The first-order valence-corrected chi connectivity index (χ1v) is 10.9. The van der Waals surface area contributed by atoms with Gasteiger partial charge in [0.05, 0.1) is 9.82 Å². The summed E-state index contributed by atoms with van der Waals surface area (Å²) in [6, 6.07) is 13.5. The van der Waals surface area contributed by atoms with Gasteiger partial charge in [0.1, 0.15) is 0 Å². The van der Waals surface area contributed by atoms with Crippen molar-refractivity contribution in [2.24, 2.45) is 0 Å². The lowest BCUT2D eigenvalue weighted by Gasteiger charge is -2.35. The smallest absolute Gasteiger partial charge is 0.269 e. The number of piperazine rings is 1. The maximum absolute atomic E-state index is 12.9. The SMILES string of the molecule is CCCCc1ccc(S(=O)(=O)N2CCN(c3ccc([N+](=O)[O-])cc3)CC2)cc1. The number of unbranched alkanes of at least 4 members (excludes halogenated alkanes) is 1. The fourth-order valence-electron chi connectivity index (χ4n) is 3.33. The minimum Gasteiger partial charge on any atom is -0.369 e. The van der Waals surface area contributed by atoms with Crippen LogP contribution >= 0.6 is 0 Å². The van der Waals surface area contributed by atoms with Crippen LogP contribution in [0.15, 0.2) is 53.4 Å². The predicted molar refractivity (Wildman–Crippen MR) is 109 cm³/mol. The molecule has 0 atom stereocenters. The molecular formula is C20H25N3O4S. The Bertz CT molecular complexity index is 903. The molecule has 0 unspecified atom stereocenters. The normalized spacial score (nSPS) is 15.5. The van der Waals surface area contributed by atoms with Crippen LogP contribution in [0.5, 0.6) is 0 Å². The molecule has 8 heteroatoms. The molecule has 1 heterocycles. The summed E-state index contributed by atoms with van der Waals surface area (Å²) in [7, 11) is -3.51. The second-order valence-electron chi connectivity index (χ2n) is 6.91. The Labute approximate surface area is 165 Å². The van der Waals surface area contributed by atoms with E-state index in [1.54, 1.807) is 24.3 Å². The Kier molecular flexibility index (Phi) is 6.31. The molecule has 2 aromatic carbocycles. The molecule has 28 heavy (non-hydrogen) atoms. The maximum atomic E-state index is 12.9. The molecule has 0 saturated carbocycles. The van der Waals surface area contributed by atoms with Crippen molar-refractivity contribution in [3.8, 4) is 0 Å². The van der Waals surface area contributed by atoms with E-state index in [0.717, 1.165) is 30.5 Å². The number of nitro groups is 1. The van der Waals surface area contributed by atoms with Gasteiger partial charge >= 0.3 is 0 Å². The van der Waals surface area contributed by atoms with Gasteiger partial charge < -0.3 is 4.90 Å². The molecule has 0 bridgehead atoms. The number of aryl methyl sites for hydroxylation is 1. The maximum Gasteiger partial charge on any atom is 0.269 e. The molecule has 1 aliphatic rings. The van der Waals surface area contributed by atoms with Gasteiger partial charge in [-0.15, -0.1) is 0 Å². The highest BCUT2D eigenvalue weighted by Crippen LogP contribution is 2.23. The number of non-ortho nitro benzene ring substituents is 1. The second kappa shape index (κ2) is 8.70. The van der Waals surface area contributed by atoms with Gasteiger partial charge in [0, 0.05) is 44.0 Å². The Morgan fingerprint density at radius 1 is 0.964 bits per heavy atom. The van der Waals surface area contributed by atoms with Crippen LogP contribution in [-0.2, 0) is 16.4 Å². The molecule has 0 aromatic heterocycles. The van der Waals surface area contributed by atoms with Crippen LogP contribution in [0.3, 0.4) is 0 Å². The topological polar surface area (TPSA) is 83.8 Å². The Morgan fingerprint density at radius 2 is 1.57 bits per heavy atom. The molecule has 0 spiro atoms. The zero-order valence-corrected chi connectivity index (χ0v) is 16.8. The monoisotopic (exact) mass is 403 g/mol. The van der Waals surface area contributed by atoms with Gasteiger partial charge in [-0.05, 0) is 42.7 Å². The summed E-state index contributed by atoms with van der Waals surface area (Å²) < 4.78 is 27.3. The first-order valence-electron chi connectivity index (χ1n) is 9.50. The molecule has 3 rings (SSSR count). The Morgan fingerprint density at radius 3 is 2.11 bits per heavy atom. The van der Waals surface area contributed by atoms with E-state index in [1.165, 1.54) is 16.4 Å². The zero-order chi connectivity index (χ0) is 20.1. The third-order valence-electron chi connectivity index (χ3n) is 5.04. The fourth-order valence-corrected chi connectivity index (χ4v) is 4.75. The van der Waals surface area contributed by atoms with E-state index in [2.05, 4.69) is 6.92 Å². The molecular weight excluding hydrogens is 378 g/mol. The summed E-state index contributed by atoms with van der Waals surface area (Å²) in [6.45, 7) is 4.00. The van der Waals surface area contributed by atoms with Crippen molar-refractivity contribution in [3.05, 3.63) is 64.2 Å². The fraction of sp³-hybridized carbons (Fsp3) is 0.400. The van der Waals surface area contributed by atoms with Crippen LogP contribution in [0, 0.1) is 10.1 Å². The number of benzene rings is 2. The summed E-state index contributed by atoms with van der Waals surface area (Å²) >= 11 is 0. The number of sulfonamides is 1. The molecule has 0 amide bonds. The van der Waals surface area contributed by atoms with E-state index < -0.39 is 14.9 Å². The van der Waals surface area contributed by atoms with Crippen LogP contribution in [-0.4, -0.2) is 43.8 Å². The van der Waals surface area contributed by atoms with Crippen LogP contribution < -0.4 is 4.90 Å². The molecule has 2 aromatic rings. The van der Waals surface area contributed by atoms with Crippen LogP contribution in [0.1, 0.15) is 25.3 Å². The molecule has 1 saturated heterocycles. The van der Waals surface area contributed by atoms with Crippen molar-refractivity contribution in [1.82, 2.24) is 4.31 Å². The minimum absolute atomic E-state index is 0.0485. The number of hydrogen-bond acceptors (Lipinski definition) is 5. The van der Waals surface area contributed by atoms with Crippen molar-refractivity contribution in [2.75, 3.05) is 31.1 Å². The molecule has 0 N–H and O–H groups in total. The molecule has 0 aliphatic carbocycles. The van der Waals surface area contributed by atoms with Gasteiger partial charge in [0.25, 0.3) is 5.69 Å². The lowest BCUT2D eigenvalue weighted by Crippen LogP contribution is -2.48. The number of nitrogens with zero attached hydrogens (tertiary/aromatic N) is 3. The lowest BCUT2D eigenvalue weighted by molar-refractivity contribution is -0.384. The molecule has 7 nitrogen and oxygen atoms in total. The van der Waals surface area contributed by atoms with E-state index >= 15 is 0 Å². The standard InChI is InChI=1S/C20H25N3O4S/c1-2-3-4-17-5-11-20(12-6-17)28(26,27)22-15-13-21(14-16-22)18-7-9-19(10-8-18)23(24)25/h5-12H,2-4,13-16H2,1H3. The lowest BCUT2D eigenvalue weighted by atomic mass is 10.1. The first kappa shape index (κ1) is 20.3. The second-order valence-corrected chi connectivity index (χ2v) is 8.85. The molecule has 1 fully saturated rings. The largest absolute Gasteiger partial charge is 0.369 e. The highest BCUT2D eigenvalue weighted by molar-refractivity contribution is 7.89. The Balaban J connectivity index is 1.63. The van der Waals surface area contributed by atoms with Gasteiger partial charge in [0.15, 0.2) is 0 Å². The number of hydrogen-bond donors (Lipinski definition) is 0. The van der Waals surface area contributed by atoms with Crippen molar-refractivity contribution in [2.45, 2.75) is 31.1 Å². The molecule has 150 valence electrons. The van der Waals surface area contributed by atoms with E-state index in [-0.39, 0.29) is 5.69 Å². The van der Waals surface area contributed by atoms with Gasteiger partial charge in [-0.2, -0.15) is 4.31 Å². The third-order valence-corrected chi connectivity index (χ3v) is 6.96. The van der Waals surface area contributed by atoms with Gasteiger partial charge in [-0.3, -0.25) is 10.1 Å². The van der Waals surface area contributed by atoms with Crippen LogP contribution in [0.2, 0.25) is 0 Å². The zero-order valence-electron chi connectivity index (χ0n) is 16.0. The minimum atomic E-state index is -3.51. The summed E-state index contributed by atoms with van der Waals surface area (Å²) in [5, 5.41) is 10.8. The van der Waals surface area contributed by atoms with Crippen LogP contribution in [0.25, 0.3) is 0 Å². The number of anilines is 1. The molecule has 0 radical (unpaired) electrons. The van der Waals surface area contributed by atoms with E-state index in [0.29, 0.717) is 31.1 Å². The first-order chi connectivity index (χ1) is 13.4. The number of nitro benzene ring substituents is 1. The molecule has 1 aliphatic heterocycles. The van der Waals surface area contributed by atoms with Gasteiger partial charge in [-0.1, -0.05) is 25.5 Å². The van der Waals surface area contributed by atoms with E-state index in [1.807, 2.05) is 17.0 Å². The van der Waals surface area contributed by atoms with Gasteiger partial charge in [-0.25, -0.2) is 8.42 Å². The summed E-state index contributed by atoms with van der Waals surface area (Å²) in [4.78, 5) is 12.7. The summed E-state index contributed by atoms with van der Waals surface area (Å²) in [6.07, 6.45) is 3.17. The van der Waals surface area contributed by atoms with Crippen molar-refractivity contribution in [3.63, 3.8) is 0 Å². The Hall–Kier alpha value is -2.45. The van der Waals surface area contributed by atoms with E-state index in [4.69, 9.17) is 0 Å². The van der Waals surface area contributed by atoms with Crippen LogP contribution in [0.4, 0.5) is 11.4 Å². The highest BCUT2D eigenvalue weighted by Gasteiger charge is 2.28. The number of rotatable bonds is 7.